The summed E-state index contributed by atoms with van der Waals surface area (Å²) in [5.74, 6) is 0. The van der Waals surface area contributed by atoms with E-state index in [0.717, 1.165) is 31.8 Å². The number of aryl methyl sites for hydroxylation is 1. The first-order valence-electron chi connectivity index (χ1n) is 6.16. The first kappa shape index (κ1) is 13.3. The van der Waals surface area contributed by atoms with Crippen molar-refractivity contribution in [1.82, 2.24) is 15.5 Å². The molecule has 5 heteroatoms. The zero-order chi connectivity index (χ0) is 12.8. The van der Waals surface area contributed by atoms with Crippen LogP contribution in [-0.4, -0.2) is 30.5 Å². The number of nitrogens with zero attached hydrogens (tertiary/aromatic N) is 1. The number of methoxy groups -OCH3 is 1. The molecule has 98 valence electrons. The van der Waals surface area contributed by atoms with Crippen LogP contribution in [0.3, 0.4) is 0 Å². The summed E-state index contributed by atoms with van der Waals surface area (Å²) in [7, 11) is 1.71. The maximum Gasteiger partial charge on any atom is 0.0794 e. The predicted octanol–water partition coefficient (Wildman–Crippen LogP) is 2.44. The van der Waals surface area contributed by atoms with Gasteiger partial charge in [-0.1, -0.05) is 6.92 Å². The molecule has 0 aliphatic rings. The molecule has 0 saturated carbocycles. The molecule has 0 aromatic carbocycles. The fourth-order valence-corrected chi connectivity index (χ4v) is 2.74. The van der Waals surface area contributed by atoms with Gasteiger partial charge in [0.25, 0.3) is 0 Å². The fraction of sp³-hybridized carbons (Fsp3) is 0.462. The maximum absolute atomic E-state index is 5.01. The van der Waals surface area contributed by atoms with Gasteiger partial charge in [-0.05, 0) is 18.6 Å². The molecular weight excluding hydrogens is 246 g/mol. The van der Waals surface area contributed by atoms with E-state index in [9.17, 15) is 0 Å². The lowest BCUT2D eigenvalue weighted by Crippen LogP contribution is -2.18. The van der Waals surface area contributed by atoms with Gasteiger partial charge in [0, 0.05) is 30.6 Å². The molecule has 18 heavy (non-hydrogen) atoms. The molecule has 0 radical (unpaired) electrons. The van der Waals surface area contributed by atoms with Crippen LogP contribution in [0, 0.1) is 0 Å². The average molecular weight is 265 g/mol. The zero-order valence-electron chi connectivity index (χ0n) is 10.8. The van der Waals surface area contributed by atoms with Crippen LogP contribution in [0.1, 0.15) is 17.4 Å². The topological polar surface area (TPSA) is 49.9 Å². The molecule has 2 N–H and O–H groups in total. The van der Waals surface area contributed by atoms with Crippen molar-refractivity contribution in [2.24, 2.45) is 0 Å². The van der Waals surface area contributed by atoms with Crippen molar-refractivity contribution < 1.29 is 4.74 Å². The lowest BCUT2D eigenvalue weighted by Gasteiger charge is -2.03. The minimum absolute atomic E-state index is 0.728. The third-order valence-electron chi connectivity index (χ3n) is 2.77. The van der Waals surface area contributed by atoms with Gasteiger partial charge >= 0.3 is 0 Å². The first-order chi connectivity index (χ1) is 8.85. The van der Waals surface area contributed by atoms with E-state index >= 15 is 0 Å². The highest BCUT2D eigenvalue weighted by Gasteiger charge is 2.09. The Hall–Kier alpha value is -1.17. The summed E-state index contributed by atoms with van der Waals surface area (Å²) in [4.78, 5) is 2.66. The summed E-state index contributed by atoms with van der Waals surface area (Å²) < 4.78 is 5.01. The van der Waals surface area contributed by atoms with Crippen LogP contribution in [0.4, 0.5) is 0 Å². The molecule has 0 amide bonds. The van der Waals surface area contributed by atoms with E-state index in [4.69, 9.17) is 4.74 Å². The Bertz CT molecular complexity index is 478. The second-order valence-electron chi connectivity index (χ2n) is 4.06. The third kappa shape index (κ3) is 3.19. The number of rotatable bonds is 7. The average Bonchev–Trinajstić information content (AvgIpc) is 3.02. The largest absolute Gasteiger partial charge is 0.383 e. The summed E-state index contributed by atoms with van der Waals surface area (Å²) in [5.41, 5.74) is 2.33. The summed E-state index contributed by atoms with van der Waals surface area (Å²) in [5, 5.41) is 10.6. The van der Waals surface area contributed by atoms with Crippen molar-refractivity contribution in [2.75, 3.05) is 20.3 Å². The van der Waals surface area contributed by atoms with Gasteiger partial charge in [0.2, 0.25) is 0 Å². The zero-order valence-corrected chi connectivity index (χ0v) is 11.6. The van der Waals surface area contributed by atoms with Crippen molar-refractivity contribution >= 4 is 11.3 Å². The second kappa shape index (κ2) is 6.68. The first-order valence-corrected chi connectivity index (χ1v) is 6.97. The third-order valence-corrected chi connectivity index (χ3v) is 4.02. The quantitative estimate of drug-likeness (QED) is 0.756. The number of nitrogens with one attached hydrogen (secondary N) is 2. The molecule has 2 aromatic heterocycles. The van der Waals surface area contributed by atoms with E-state index in [1.807, 2.05) is 17.5 Å². The molecule has 2 rings (SSSR count). The number of aromatic nitrogens is 2. The Morgan fingerprint density at radius 3 is 3.06 bits per heavy atom. The molecule has 2 heterocycles. The Morgan fingerprint density at radius 1 is 1.44 bits per heavy atom. The molecule has 0 atom stereocenters. The molecule has 0 spiro atoms. The number of ether oxygens (including phenoxy) is 1. The predicted molar refractivity (Wildman–Crippen MR) is 74.9 cm³/mol. The van der Waals surface area contributed by atoms with E-state index in [2.05, 4.69) is 34.6 Å². The standard InChI is InChI=1S/C13H19N3OS/c1-3-11-4-5-12(18-11)13-10(9-15-16-13)8-14-6-7-17-2/h4-5,9,14H,3,6-8H2,1-2H3,(H,15,16). The van der Waals surface area contributed by atoms with Gasteiger partial charge in [0.1, 0.15) is 0 Å². The molecular formula is C13H19N3OS. The van der Waals surface area contributed by atoms with Gasteiger partial charge in [-0.25, -0.2) is 0 Å². The van der Waals surface area contributed by atoms with E-state index in [-0.39, 0.29) is 0 Å². The van der Waals surface area contributed by atoms with Crippen LogP contribution in [0.2, 0.25) is 0 Å². The number of H-pyrrole nitrogens is 1. The molecule has 0 fully saturated rings. The van der Waals surface area contributed by atoms with Crippen LogP contribution < -0.4 is 5.32 Å². The second-order valence-corrected chi connectivity index (χ2v) is 5.23. The molecule has 0 bridgehead atoms. The van der Waals surface area contributed by atoms with Gasteiger partial charge in [-0.2, -0.15) is 5.10 Å². The fourth-order valence-electron chi connectivity index (χ4n) is 1.76. The van der Waals surface area contributed by atoms with Crippen molar-refractivity contribution in [3.05, 3.63) is 28.8 Å². The van der Waals surface area contributed by atoms with Gasteiger partial charge in [0.15, 0.2) is 0 Å². The van der Waals surface area contributed by atoms with Crippen molar-refractivity contribution in [2.45, 2.75) is 19.9 Å². The van der Waals surface area contributed by atoms with E-state index in [0.29, 0.717) is 0 Å². The molecule has 0 aliphatic carbocycles. The van der Waals surface area contributed by atoms with Gasteiger partial charge < -0.3 is 10.1 Å². The summed E-state index contributed by atoms with van der Waals surface area (Å²) in [6, 6.07) is 4.35. The summed E-state index contributed by atoms with van der Waals surface area (Å²) in [6.45, 7) is 4.57. The van der Waals surface area contributed by atoms with E-state index in [1.54, 1.807) is 7.11 Å². The van der Waals surface area contributed by atoms with Gasteiger partial charge in [0.05, 0.1) is 23.4 Å². The molecule has 0 saturated heterocycles. The van der Waals surface area contributed by atoms with Crippen LogP contribution in [0.15, 0.2) is 18.3 Å². The van der Waals surface area contributed by atoms with Crippen molar-refractivity contribution in [1.29, 1.82) is 0 Å². The van der Waals surface area contributed by atoms with Gasteiger partial charge in [-0.15, -0.1) is 11.3 Å². The lowest BCUT2D eigenvalue weighted by atomic mass is 10.2. The Kier molecular flexibility index (Phi) is 4.92. The number of thiophene rings is 1. The Morgan fingerprint density at radius 2 is 2.33 bits per heavy atom. The highest BCUT2D eigenvalue weighted by atomic mass is 32.1. The SMILES string of the molecule is CCc1ccc(-c2[nH]ncc2CNCCOC)s1. The Balaban J connectivity index is 2.02. The van der Waals surface area contributed by atoms with E-state index < -0.39 is 0 Å². The molecule has 4 nitrogen and oxygen atoms in total. The van der Waals surface area contributed by atoms with Gasteiger partial charge in [-0.3, -0.25) is 5.10 Å². The van der Waals surface area contributed by atoms with Crippen molar-refractivity contribution in [3.63, 3.8) is 0 Å². The number of hydrogen-bond acceptors (Lipinski definition) is 4. The molecule has 0 aliphatic heterocycles. The summed E-state index contributed by atoms with van der Waals surface area (Å²) in [6.07, 6.45) is 2.97. The van der Waals surface area contributed by atoms with Crippen LogP contribution >= 0.6 is 11.3 Å². The lowest BCUT2D eigenvalue weighted by molar-refractivity contribution is 0.199. The molecule has 2 aromatic rings. The highest BCUT2D eigenvalue weighted by Crippen LogP contribution is 2.29. The highest BCUT2D eigenvalue weighted by molar-refractivity contribution is 7.15. The minimum atomic E-state index is 0.728. The van der Waals surface area contributed by atoms with Crippen LogP contribution in [-0.2, 0) is 17.7 Å². The smallest absolute Gasteiger partial charge is 0.0794 e. The number of hydrogen-bond donors (Lipinski definition) is 2. The normalized spacial score (nSPS) is 11.0. The minimum Gasteiger partial charge on any atom is -0.383 e. The number of aromatic amines is 1. The van der Waals surface area contributed by atoms with Crippen LogP contribution in [0.25, 0.3) is 10.6 Å². The molecule has 0 unspecified atom stereocenters. The van der Waals surface area contributed by atoms with Crippen LogP contribution in [0.5, 0.6) is 0 Å². The monoisotopic (exact) mass is 265 g/mol. The Labute approximate surface area is 111 Å². The van der Waals surface area contributed by atoms with E-state index in [1.165, 1.54) is 15.3 Å². The van der Waals surface area contributed by atoms with Crippen molar-refractivity contribution in [3.8, 4) is 10.6 Å². The maximum atomic E-state index is 5.01. The summed E-state index contributed by atoms with van der Waals surface area (Å²) >= 11 is 1.82.